The largest absolute Gasteiger partial charge is 0.478 e. The van der Waals surface area contributed by atoms with Crippen LogP contribution in [0.4, 0.5) is 0 Å². The number of hydrogen-bond donors (Lipinski definition) is 1. The van der Waals surface area contributed by atoms with Crippen LogP contribution in [-0.2, 0) is 6.54 Å². The molecule has 5 nitrogen and oxygen atoms in total. The lowest BCUT2D eigenvalue weighted by molar-refractivity contribution is 0.0694. The van der Waals surface area contributed by atoms with Gasteiger partial charge in [0.1, 0.15) is 0 Å². The molecule has 2 aromatic rings. The van der Waals surface area contributed by atoms with Crippen molar-refractivity contribution in [2.45, 2.75) is 32.9 Å². The van der Waals surface area contributed by atoms with Crippen molar-refractivity contribution in [3.05, 3.63) is 52.8 Å². The van der Waals surface area contributed by atoms with Crippen LogP contribution in [-0.4, -0.2) is 38.8 Å². The van der Waals surface area contributed by atoms with Crippen LogP contribution in [0.3, 0.4) is 0 Å². The zero-order valence-electron chi connectivity index (χ0n) is 13.0. The van der Waals surface area contributed by atoms with Crippen molar-refractivity contribution in [1.29, 1.82) is 0 Å². The van der Waals surface area contributed by atoms with Crippen molar-refractivity contribution in [2.75, 3.05) is 13.1 Å². The fourth-order valence-electron chi connectivity index (χ4n) is 3.28. The van der Waals surface area contributed by atoms with Crippen molar-refractivity contribution in [3.8, 4) is 0 Å². The summed E-state index contributed by atoms with van der Waals surface area (Å²) in [5.41, 5.74) is 3.52. The molecule has 22 heavy (non-hydrogen) atoms. The molecule has 2 heterocycles. The van der Waals surface area contributed by atoms with Gasteiger partial charge in [0.15, 0.2) is 0 Å². The number of likely N-dealkylation sites (tertiary alicyclic amines) is 1. The van der Waals surface area contributed by atoms with Gasteiger partial charge in [-0.1, -0.05) is 18.2 Å². The summed E-state index contributed by atoms with van der Waals surface area (Å²) in [5.74, 6) is -0.857. The molecule has 1 saturated heterocycles. The van der Waals surface area contributed by atoms with Crippen molar-refractivity contribution in [1.82, 2.24) is 14.7 Å². The van der Waals surface area contributed by atoms with Gasteiger partial charge in [-0.05, 0) is 38.0 Å². The van der Waals surface area contributed by atoms with Gasteiger partial charge in [0.25, 0.3) is 0 Å². The monoisotopic (exact) mass is 299 g/mol. The predicted molar refractivity (Wildman–Crippen MR) is 84.0 cm³/mol. The van der Waals surface area contributed by atoms with Crippen LogP contribution in [0.25, 0.3) is 0 Å². The lowest BCUT2D eigenvalue weighted by atomic mass is 10.1. The van der Waals surface area contributed by atoms with Gasteiger partial charge >= 0.3 is 5.97 Å². The molecule has 1 aliphatic rings. The highest BCUT2D eigenvalue weighted by Gasteiger charge is 2.26. The molecule has 1 N–H and O–H groups in total. The van der Waals surface area contributed by atoms with Crippen LogP contribution in [0, 0.1) is 13.8 Å². The van der Waals surface area contributed by atoms with Crippen LogP contribution in [0.15, 0.2) is 30.3 Å². The third-order valence-electron chi connectivity index (χ3n) is 4.28. The van der Waals surface area contributed by atoms with Crippen molar-refractivity contribution in [3.63, 3.8) is 0 Å². The Morgan fingerprint density at radius 1 is 1.36 bits per heavy atom. The molecular formula is C17H21N3O2. The second-order valence-corrected chi connectivity index (χ2v) is 6.01. The molecule has 1 aromatic carbocycles. The molecule has 0 radical (unpaired) electrons. The number of aromatic nitrogens is 2. The average molecular weight is 299 g/mol. The van der Waals surface area contributed by atoms with Gasteiger partial charge in [-0.3, -0.25) is 9.58 Å². The molecule has 1 aliphatic heterocycles. The maximum absolute atomic E-state index is 11.3. The normalized spacial score (nSPS) is 18.7. The number of rotatable bonds is 4. The zero-order chi connectivity index (χ0) is 15.7. The van der Waals surface area contributed by atoms with E-state index in [0.29, 0.717) is 18.2 Å². The molecule has 1 unspecified atom stereocenters. The minimum Gasteiger partial charge on any atom is -0.478 e. The van der Waals surface area contributed by atoms with Crippen LogP contribution in [0.5, 0.6) is 0 Å². The maximum Gasteiger partial charge on any atom is 0.336 e. The third-order valence-corrected chi connectivity index (χ3v) is 4.28. The lowest BCUT2D eigenvalue weighted by Crippen LogP contribution is -2.23. The first kappa shape index (κ1) is 14.8. The Labute approximate surface area is 130 Å². The lowest BCUT2D eigenvalue weighted by Gasteiger charge is -2.18. The third kappa shape index (κ3) is 2.90. The number of hydrogen-bond acceptors (Lipinski definition) is 3. The Kier molecular flexibility index (Phi) is 3.98. The fraction of sp³-hybridized carbons (Fsp3) is 0.412. The molecule has 0 spiro atoms. The molecule has 0 bridgehead atoms. The molecule has 116 valence electrons. The molecule has 1 aromatic heterocycles. The number of nitrogens with zero attached hydrogens (tertiary/aromatic N) is 3. The number of carbonyl (C=O) groups is 1. The van der Waals surface area contributed by atoms with E-state index in [-0.39, 0.29) is 0 Å². The van der Waals surface area contributed by atoms with E-state index in [2.05, 4.69) is 27.7 Å². The molecular weight excluding hydrogens is 278 g/mol. The minimum atomic E-state index is -0.857. The topological polar surface area (TPSA) is 58.4 Å². The second-order valence-electron chi connectivity index (χ2n) is 6.01. The van der Waals surface area contributed by atoms with Crippen molar-refractivity contribution in [2.24, 2.45) is 0 Å². The second kappa shape index (κ2) is 5.93. The van der Waals surface area contributed by atoms with Gasteiger partial charge in [0.05, 0.1) is 17.3 Å². The van der Waals surface area contributed by atoms with E-state index in [9.17, 15) is 9.90 Å². The Morgan fingerprint density at radius 2 is 2.14 bits per heavy atom. The summed E-state index contributed by atoms with van der Waals surface area (Å²) in [6.45, 7) is 6.66. The van der Waals surface area contributed by atoms with Gasteiger partial charge in [-0.2, -0.15) is 5.10 Å². The Morgan fingerprint density at radius 3 is 2.82 bits per heavy atom. The highest BCUT2D eigenvalue weighted by molar-refractivity contribution is 5.89. The highest BCUT2D eigenvalue weighted by Crippen LogP contribution is 2.25. The Bertz CT molecular complexity index is 693. The first-order chi connectivity index (χ1) is 10.5. The van der Waals surface area contributed by atoms with E-state index in [1.54, 1.807) is 12.1 Å². The van der Waals surface area contributed by atoms with Gasteiger partial charge in [0, 0.05) is 25.3 Å². The molecule has 0 aliphatic carbocycles. The summed E-state index contributed by atoms with van der Waals surface area (Å²) in [4.78, 5) is 13.6. The Balaban J connectivity index is 1.72. The number of benzene rings is 1. The number of carboxylic acid groups (broad SMARTS) is 1. The molecule has 3 rings (SSSR count). The predicted octanol–water partition coefficient (Wildman–Crippen LogP) is 2.65. The first-order valence-electron chi connectivity index (χ1n) is 7.61. The van der Waals surface area contributed by atoms with Crippen LogP contribution >= 0.6 is 0 Å². The molecule has 1 fully saturated rings. The standard InChI is InChI=1S/C17H21N3O2/c1-12-9-13(2)20(18-12)15-7-8-19(11-15)10-14-5-3-4-6-16(14)17(21)22/h3-6,9,15H,7-8,10-11H2,1-2H3,(H,21,22). The summed E-state index contributed by atoms with van der Waals surface area (Å²) in [5, 5.41) is 13.9. The highest BCUT2D eigenvalue weighted by atomic mass is 16.4. The molecule has 0 saturated carbocycles. The van der Waals surface area contributed by atoms with Crippen LogP contribution < -0.4 is 0 Å². The van der Waals surface area contributed by atoms with E-state index in [4.69, 9.17) is 0 Å². The first-order valence-corrected chi connectivity index (χ1v) is 7.61. The molecule has 1 atom stereocenters. The van der Waals surface area contributed by atoms with Crippen molar-refractivity contribution < 1.29 is 9.90 Å². The van der Waals surface area contributed by atoms with E-state index in [0.717, 1.165) is 30.8 Å². The maximum atomic E-state index is 11.3. The van der Waals surface area contributed by atoms with E-state index >= 15 is 0 Å². The summed E-state index contributed by atoms with van der Waals surface area (Å²) in [6, 6.07) is 9.73. The van der Waals surface area contributed by atoms with Crippen molar-refractivity contribution >= 4 is 5.97 Å². The van der Waals surface area contributed by atoms with Crippen LogP contribution in [0.2, 0.25) is 0 Å². The van der Waals surface area contributed by atoms with Gasteiger partial charge in [0.2, 0.25) is 0 Å². The molecule has 5 heteroatoms. The van der Waals surface area contributed by atoms with Gasteiger partial charge in [-0.15, -0.1) is 0 Å². The smallest absolute Gasteiger partial charge is 0.336 e. The average Bonchev–Trinajstić information content (AvgIpc) is 3.05. The summed E-state index contributed by atoms with van der Waals surface area (Å²) in [6.07, 6.45) is 1.05. The Hall–Kier alpha value is -2.14. The van der Waals surface area contributed by atoms with Gasteiger partial charge < -0.3 is 5.11 Å². The van der Waals surface area contributed by atoms with E-state index in [1.807, 2.05) is 19.1 Å². The summed E-state index contributed by atoms with van der Waals surface area (Å²) < 4.78 is 2.11. The minimum absolute atomic E-state index is 0.380. The molecule has 0 amide bonds. The van der Waals surface area contributed by atoms with Gasteiger partial charge in [-0.25, -0.2) is 4.79 Å². The number of aryl methyl sites for hydroxylation is 2. The SMILES string of the molecule is Cc1cc(C)n(C2CCN(Cc3ccccc3C(=O)O)C2)n1. The summed E-state index contributed by atoms with van der Waals surface area (Å²) >= 11 is 0. The number of carboxylic acids is 1. The quantitative estimate of drug-likeness (QED) is 0.943. The summed E-state index contributed by atoms with van der Waals surface area (Å²) in [7, 11) is 0. The van der Waals surface area contributed by atoms with E-state index < -0.39 is 5.97 Å². The number of aromatic carboxylic acids is 1. The fourth-order valence-corrected chi connectivity index (χ4v) is 3.28. The van der Waals surface area contributed by atoms with E-state index in [1.165, 1.54) is 5.69 Å². The van der Waals surface area contributed by atoms with Crippen LogP contribution in [0.1, 0.15) is 39.8 Å². The zero-order valence-corrected chi connectivity index (χ0v) is 13.0.